The topological polar surface area (TPSA) is 103 Å². The summed E-state index contributed by atoms with van der Waals surface area (Å²) in [6, 6.07) is 17.0. The van der Waals surface area contributed by atoms with Gasteiger partial charge in [0.15, 0.2) is 11.5 Å². The third-order valence-corrected chi connectivity index (χ3v) is 5.09. The van der Waals surface area contributed by atoms with Crippen molar-refractivity contribution in [2.45, 2.75) is 20.5 Å². The number of nitrogens with one attached hydrogen (secondary N) is 1. The number of aryl methyl sites for hydroxylation is 1. The van der Waals surface area contributed by atoms with Crippen molar-refractivity contribution in [1.82, 2.24) is 5.43 Å². The fourth-order valence-corrected chi connectivity index (χ4v) is 3.59. The Balaban J connectivity index is 1.72. The average molecular weight is 512 g/mol. The van der Waals surface area contributed by atoms with Crippen molar-refractivity contribution in [3.63, 3.8) is 0 Å². The summed E-state index contributed by atoms with van der Waals surface area (Å²) in [6.45, 7) is 4.72. The Kier molecular flexibility index (Phi) is 8.15. The SMILES string of the molecule is CCOc1cc(/C=N\NC(=O)c2cccc([N+](=O)[O-])c2)cc(Br)c1OCc1cccc(C)c1. The third-order valence-electron chi connectivity index (χ3n) is 4.50. The predicted molar refractivity (Wildman–Crippen MR) is 129 cm³/mol. The summed E-state index contributed by atoms with van der Waals surface area (Å²) in [7, 11) is 0. The van der Waals surface area contributed by atoms with E-state index in [1.807, 2.05) is 32.0 Å². The van der Waals surface area contributed by atoms with Crippen LogP contribution in [-0.4, -0.2) is 23.7 Å². The highest BCUT2D eigenvalue weighted by Crippen LogP contribution is 2.37. The molecule has 0 aliphatic heterocycles. The molecule has 0 aliphatic carbocycles. The number of hydrogen-bond acceptors (Lipinski definition) is 6. The first-order valence-corrected chi connectivity index (χ1v) is 10.9. The molecule has 0 aromatic heterocycles. The van der Waals surface area contributed by atoms with Crippen molar-refractivity contribution < 1.29 is 19.2 Å². The number of hydrogen-bond donors (Lipinski definition) is 1. The maximum absolute atomic E-state index is 12.2. The van der Waals surface area contributed by atoms with Gasteiger partial charge in [-0.25, -0.2) is 5.43 Å². The Bertz CT molecular complexity index is 1200. The van der Waals surface area contributed by atoms with E-state index in [0.717, 1.165) is 11.1 Å². The van der Waals surface area contributed by atoms with Crippen molar-refractivity contribution in [2.75, 3.05) is 6.61 Å². The number of nitrogens with zero attached hydrogens (tertiary/aromatic N) is 2. The number of rotatable bonds is 9. The minimum Gasteiger partial charge on any atom is -0.490 e. The number of carbonyl (C=O) groups is 1. The monoisotopic (exact) mass is 511 g/mol. The van der Waals surface area contributed by atoms with Crippen LogP contribution in [0.15, 0.2) is 70.2 Å². The summed E-state index contributed by atoms with van der Waals surface area (Å²) in [4.78, 5) is 22.6. The Morgan fingerprint density at radius 1 is 1.15 bits per heavy atom. The second kappa shape index (κ2) is 11.2. The van der Waals surface area contributed by atoms with Gasteiger partial charge in [0.05, 0.1) is 22.2 Å². The molecule has 0 bridgehead atoms. The van der Waals surface area contributed by atoms with Crippen molar-refractivity contribution in [3.05, 3.63) is 97.5 Å². The summed E-state index contributed by atoms with van der Waals surface area (Å²) in [5.41, 5.74) is 5.19. The number of hydrazone groups is 1. The molecule has 0 radical (unpaired) electrons. The lowest BCUT2D eigenvalue weighted by Gasteiger charge is -2.15. The molecule has 3 aromatic rings. The Morgan fingerprint density at radius 3 is 2.67 bits per heavy atom. The van der Waals surface area contributed by atoms with E-state index >= 15 is 0 Å². The van der Waals surface area contributed by atoms with Crippen LogP contribution in [0.2, 0.25) is 0 Å². The Morgan fingerprint density at radius 2 is 1.94 bits per heavy atom. The van der Waals surface area contributed by atoms with E-state index in [9.17, 15) is 14.9 Å². The van der Waals surface area contributed by atoms with E-state index in [2.05, 4.69) is 32.5 Å². The molecule has 170 valence electrons. The zero-order valence-electron chi connectivity index (χ0n) is 18.1. The number of non-ortho nitro benzene ring substituents is 1. The van der Waals surface area contributed by atoms with Gasteiger partial charge in [0.25, 0.3) is 11.6 Å². The molecular weight excluding hydrogens is 490 g/mol. The molecule has 0 aliphatic rings. The molecule has 0 atom stereocenters. The first-order chi connectivity index (χ1) is 15.9. The summed E-state index contributed by atoms with van der Waals surface area (Å²) in [5, 5.41) is 14.8. The van der Waals surface area contributed by atoms with E-state index in [1.165, 1.54) is 30.5 Å². The van der Waals surface area contributed by atoms with Crippen LogP contribution in [0.1, 0.15) is 34.0 Å². The second-order valence-electron chi connectivity index (χ2n) is 7.05. The quantitative estimate of drug-likeness (QED) is 0.235. The second-order valence-corrected chi connectivity index (χ2v) is 7.90. The fraction of sp³-hybridized carbons (Fsp3) is 0.167. The van der Waals surface area contributed by atoms with Gasteiger partial charge in [-0.1, -0.05) is 35.9 Å². The Labute approximate surface area is 199 Å². The number of benzene rings is 3. The van der Waals surface area contributed by atoms with Crippen LogP contribution in [0.5, 0.6) is 11.5 Å². The largest absolute Gasteiger partial charge is 0.490 e. The van der Waals surface area contributed by atoms with Crippen molar-refractivity contribution in [1.29, 1.82) is 0 Å². The van der Waals surface area contributed by atoms with Gasteiger partial charge in [-0.15, -0.1) is 0 Å². The highest BCUT2D eigenvalue weighted by molar-refractivity contribution is 9.10. The molecule has 0 heterocycles. The molecule has 0 saturated heterocycles. The van der Waals surface area contributed by atoms with E-state index in [4.69, 9.17) is 9.47 Å². The van der Waals surface area contributed by atoms with E-state index in [0.29, 0.717) is 34.7 Å². The average Bonchev–Trinajstić information content (AvgIpc) is 2.79. The lowest BCUT2D eigenvalue weighted by Crippen LogP contribution is -2.17. The minimum atomic E-state index is -0.560. The van der Waals surface area contributed by atoms with Crippen LogP contribution < -0.4 is 14.9 Å². The zero-order chi connectivity index (χ0) is 23.8. The fourth-order valence-electron chi connectivity index (χ4n) is 3.01. The third kappa shape index (κ3) is 6.63. The highest BCUT2D eigenvalue weighted by atomic mass is 79.9. The van der Waals surface area contributed by atoms with Gasteiger partial charge < -0.3 is 9.47 Å². The van der Waals surface area contributed by atoms with Crippen molar-refractivity contribution >= 4 is 33.7 Å². The van der Waals surface area contributed by atoms with Gasteiger partial charge in [0.1, 0.15) is 6.61 Å². The van der Waals surface area contributed by atoms with Gasteiger partial charge in [0, 0.05) is 17.7 Å². The summed E-state index contributed by atoms with van der Waals surface area (Å²) in [5.74, 6) is 0.541. The molecular formula is C24H22BrN3O5. The molecule has 8 nitrogen and oxygen atoms in total. The minimum absolute atomic E-state index is 0.137. The molecule has 1 N–H and O–H groups in total. The summed E-state index contributed by atoms with van der Waals surface area (Å²) >= 11 is 3.52. The Hall–Kier alpha value is -3.72. The first kappa shape index (κ1) is 23.9. The summed E-state index contributed by atoms with van der Waals surface area (Å²) < 4.78 is 12.4. The molecule has 3 rings (SSSR count). The molecule has 0 spiro atoms. The van der Waals surface area contributed by atoms with Gasteiger partial charge in [-0.05, 0) is 59.1 Å². The van der Waals surface area contributed by atoms with E-state index in [-0.39, 0.29) is 11.3 Å². The van der Waals surface area contributed by atoms with Crippen molar-refractivity contribution in [3.8, 4) is 11.5 Å². The van der Waals surface area contributed by atoms with Crippen LogP contribution in [0.25, 0.3) is 0 Å². The number of halogens is 1. The maximum atomic E-state index is 12.2. The van der Waals surface area contributed by atoms with E-state index in [1.54, 1.807) is 12.1 Å². The van der Waals surface area contributed by atoms with Crippen molar-refractivity contribution in [2.24, 2.45) is 5.10 Å². The highest BCUT2D eigenvalue weighted by Gasteiger charge is 2.13. The van der Waals surface area contributed by atoms with E-state index < -0.39 is 10.8 Å². The zero-order valence-corrected chi connectivity index (χ0v) is 19.7. The van der Waals surface area contributed by atoms with Crippen LogP contribution in [0, 0.1) is 17.0 Å². The van der Waals surface area contributed by atoms with Crippen LogP contribution >= 0.6 is 15.9 Å². The number of amides is 1. The molecule has 9 heteroatoms. The molecule has 0 saturated carbocycles. The number of ether oxygens (including phenoxy) is 2. The molecule has 33 heavy (non-hydrogen) atoms. The standard InChI is InChI=1S/C24H22BrN3O5/c1-3-32-22-12-18(11-21(25)23(22)33-15-17-7-4-6-16(2)10-17)14-26-27-24(29)19-8-5-9-20(13-19)28(30)31/h4-14H,3,15H2,1-2H3,(H,27,29)/b26-14-. The predicted octanol–water partition coefficient (Wildman–Crippen LogP) is 5.41. The lowest BCUT2D eigenvalue weighted by atomic mass is 10.1. The van der Waals surface area contributed by atoms with Gasteiger partial charge in [-0.2, -0.15) is 5.10 Å². The number of carbonyl (C=O) groups excluding carboxylic acids is 1. The molecule has 0 unspecified atom stereocenters. The molecule has 1 amide bonds. The van der Waals surface area contributed by atoms with Crippen LogP contribution in [0.4, 0.5) is 5.69 Å². The molecule has 3 aromatic carbocycles. The lowest BCUT2D eigenvalue weighted by molar-refractivity contribution is -0.384. The molecule has 0 fully saturated rings. The van der Waals surface area contributed by atoms with Gasteiger partial charge in [-0.3, -0.25) is 14.9 Å². The van der Waals surface area contributed by atoms with Gasteiger partial charge >= 0.3 is 0 Å². The van der Waals surface area contributed by atoms with Gasteiger partial charge in [0.2, 0.25) is 0 Å². The number of nitro groups is 1. The first-order valence-electron chi connectivity index (χ1n) is 10.1. The summed E-state index contributed by atoms with van der Waals surface area (Å²) in [6.07, 6.45) is 1.45. The van der Waals surface area contributed by atoms with Crippen LogP contribution in [-0.2, 0) is 6.61 Å². The number of nitro benzene ring substituents is 1. The smallest absolute Gasteiger partial charge is 0.271 e. The van der Waals surface area contributed by atoms with Crippen LogP contribution in [0.3, 0.4) is 0 Å². The maximum Gasteiger partial charge on any atom is 0.271 e. The normalized spacial score (nSPS) is 10.8.